The average Bonchev–Trinajstić information content (AvgIpc) is 2.62. The van der Waals surface area contributed by atoms with Crippen LogP contribution in [0.15, 0.2) is 24.3 Å². The molecule has 0 unspecified atom stereocenters. The molecule has 136 valence electrons. The molecular weight excluding hydrogens is 320 g/mol. The van der Waals surface area contributed by atoms with Gasteiger partial charge in [0.2, 0.25) is 17.7 Å². The molecule has 0 bridgehead atoms. The highest BCUT2D eigenvalue weighted by Crippen LogP contribution is 2.14. The molecule has 3 amide bonds. The maximum Gasteiger partial charge on any atom is 0.243 e. The third-order valence-corrected chi connectivity index (χ3v) is 4.04. The van der Waals surface area contributed by atoms with Crippen molar-refractivity contribution >= 4 is 29.1 Å². The van der Waals surface area contributed by atoms with Gasteiger partial charge in [-0.25, -0.2) is 0 Å². The smallest absolute Gasteiger partial charge is 0.243 e. The van der Waals surface area contributed by atoms with Crippen LogP contribution in [0.2, 0.25) is 0 Å². The van der Waals surface area contributed by atoms with E-state index in [1.807, 2.05) is 0 Å². The second kappa shape index (κ2) is 9.78. The van der Waals surface area contributed by atoms with E-state index in [1.165, 1.54) is 6.42 Å². The van der Waals surface area contributed by atoms with E-state index < -0.39 is 0 Å². The molecule has 1 saturated heterocycles. The largest absolute Gasteiger partial charge is 0.347 e. The highest BCUT2D eigenvalue weighted by Gasteiger charge is 2.13. The summed E-state index contributed by atoms with van der Waals surface area (Å²) in [6.45, 7) is 4.04. The Morgan fingerprint density at radius 1 is 0.880 bits per heavy atom. The Balaban J connectivity index is 1.75. The fourth-order valence-corrected chi connectivity index (χ4v) is 2.67. The lowest BCUT2D eigenvalue weighted by atomic mass is 10.1. The lowest BCUT2D eigenvalue weighted by molar-refractivity contribution is -0.123. The van der Waals surface area contributed by atoms with Crippen LogP contribution < -0.4 is 16.0 Å². The van der Waals surface area contributed by atoms with Gasteiger partial charge in [-0.15, -0.1) is 0 Å². The van der Waals surface area contributed by atoms with Crippen molar-refractivity contribution in [1.29, 1.82) is 0 Å². The van der Waals surface area contributed by atoms with Crippen molar-refractivity contribution in [1.82, 2.24) is 10.2 Å². The summed E-state index contributed by atoms with van der Waals surface area (Å²) in [6, 6.07) is 6.93. The highest BCUT2D eigenvalue weighted by molar-refractivity contribution is 5.95. The summed E-state index contributed by atoms with van der Waals surface area (Å²) in [5.74, 6) is -0.480. The maximum absolute atomic E-state index is 12.1. The molecule has 1 aromatic carbocycles. The van der Waals surface area contributed by atoms with Gasteiger partial charge in [-0.05, 0) is 50.2 Å². The van der Waals surface area contributed by atoms with E-state index in [9.17, 15) is 14.4 Å². The SMILES string of the molecule is CCC(=O)NCC(=O)Nc1ccc(NC(=O)CN2CCCCC2)cc1. The Hall–Kier alpha value is -2.41. The lowest BCUT2D eigenvalue weighted by Gasteiger charge is -2.25. The van der Waals surface area contributed by atoms with Crippen LogP contribution in [0.3, 0.4) is 0 Å². The van der Waals surface area contributed by atoms with Gasteiger partial charge < -0.3 is 16.0 Å². The Kier molecular flexibility index (Phi) is 7.40. The van der Waals surface area contributed by atoms with Crippen LogP contribution in [0.5, 0.6) is 0 Å². The summed E-state index contributed by atoms with van der Waals surface area (Å²) in [6.07, 6.45) is 3.90. The number of carbonyl (C=O) groups excluding carboxylic acids is 3. The normalized spacial score (nSPS) is 14.6. The number of nitrogens with one attached hydrogen (secondary N) is 3. The molecule has 0 aliphatic carbocycles. The molecule has 7 nitrogen and oxygen atoms in total. The van der Waals surface area contributed by atoms with Crippen LogP contribution in [0.1, 0.15) is 32.6 Å². The van der Waals surface area contributed by atoms with E-state index in [0.29, 0.717) is 24.3 Å². The van der Waals surface area contributed by atoms with Crippen LogP contribution in [0.4, 0.5) is 11.4 Å². The van der Waals surface area contributed by atoms with Gasteiger partial charge in [-0.3, -0.25) is 19.3 Å². The molecule has 7 heteroatoms. The van der Waals surface area contributed by atoms with Crippen molar-refractivity contribution in [2.75, 3.05) is 36.8 Å². The molecule has 0 aromatic heterocycles. The Morgan fingerprint density at radius 3 is 2.00 bits per heavy atom. The summed E-state index contributed by atoms with van der Waals surface area (Å²) in [7, 11) is 0. The van der Waals surface area contributed by atoms with Crippen LogP contribution in [0.25, 0.3) is 0 Å². The van der Waals surface area contributed by atoms with Crippen molar-refractivity contribution < 1.29 is 14.4 Å². The van der Waals surface area contributed by atoms with Gasteiger partial charge in [0.15, 0.2) is 0 Å². The summed E-state index contributed by atoms with van der Waals surface area (Å²) in [4.78, 5) is 37.1. The topological polar surface area (TPSA) is 90.5 Å². The van der Waals surface area contributed by atoms with Gasteiger partial charge >= 0.3 is 0 Å². The van der Waals surface area contributed by atoms with E-state index >= 15 is 0 Å². The van der Waals surface area contributed by atoms with E-state index in [4.69, 9.17) is 0 Å². The molecule has 1 aromatic rings. The summed E-state index contributed by atoms with van der Waals surface area (Å²) < 4.78 is 0. The van der Waals surface area contributed by atoms with Crippen molar-refractivity contribution in [2.45, 2.75) is 32.6 Å². The zero-order chi connectivity index (χ0) is 18.1. The molecule has 0 spiro atoms. The van der Waals surface area contributed by atoms with E-state index in [0.717, 1.165) is 25.9 Å². The number of nitrogens with zero attached hydrogens (tertiary/aromatic N) is 1. The number of piperidine rings is 1. The van der Waals surface area contributed by atoms with Gasteiger partial charge in [0, 0.05) is 17.8 Å². The van der Waals surface area contributed by atoms with E-state index in [2.05, 4.69) is 20.9 Å². The minimum atomic E-state index is -0.288. The van der Waals surface area contributed by atoms with Crippen LogP contribution in [0, 0.1) is 0 Å². The van der Waals surface area contributed by atoms with Crippen molar-refractivity contribution in [3.63, 3.8) is 0 Å². The number of amides is 3. The fourth-order valence-electron chi connectivity index (χ4n) is 2.67. The molecule has 1 fully saturated rings. The van der Waals surface area contributed by atoms with Gasteiger partial charge in [-0.2, -0.15) is 0 Å². The van der Waals surface area contributed by atoms with Gasteiger partial charge in [-0.1, -0.05) is 13.3 Å². The zero-order valence-electron chi connectivity index (χ0n) is 14.6. The van der Waals surface area contributed by atoms with Gasteiger partial charge in [0.1, 0.15) is 0 Å². The standard InChI is InChI=1S/C18H26N4O3/c1-2-16(23)19-12-17(24)20-14-6-8-15(9-7-14)21-18(25)13-22-10-4-3-5-11-22/h6-9H,2-5,10-13H2,1H3,(H,19,23)(H,20,24)(H,21,25). The fraction of sp³-hybridized carbons (Fsp3) is 0.500. The predicted molar refractivity (Wildman–Crippen MR) is 97.3 cm³/mol. The van der Waals surface area contributed by atoms with Crippen molar-refractivity contribution in [3.8, 4) is 0 Å². The van der Waals surface area contributed by atoms with Crippen LogP contribution in [-0.4, -0.2) is 48.8 Å². The van der Waals surface area contributed by atoms with Crippen molar-refractivity contribution in [3.05, 3.63) is 24.3 Å². The Bertz CT molecular complexity index is 595. The van der Waals surface area contributed by atoms with Crippen LogP contribution >= 0.6 is 0 Å². The maximum atomic E-state index is 12.1. The monoisotopic (exact) mass is 346 g/mol. The first-order valence-corrected chi connectivity index (χ1v) is 8.75. The van der Waals surface area contributed by atoms with E-state index in [1.54, 1.807) is 31.2 Å². The van der Waals surface area contributed by atoms with Gasteiger partial charge in [0.25, 0.3) is 0 Å². The molecule has 0 radical (unpaired) electrons. The molecular formula is C18H26N4O3. The first kappa shape index (κ1) is 18.9. The highest BCUT2D eigenvalue weighted by atomic mass is 16.2. The minimum absolute atomic E-state index is 0.0269. The number of benzene rings is 1. The number of hydrogen-bond acceptors (Lipinski definition) is 4. The second-order valence-electron chi connectivity index (χ2n) is 6.14. The minimum Gasteiger partial charge on any atom is -0.347 e. The summed E-state index contributed by atoms with van der Waals surface area (Å²) in [5.41, 5.74) is 1.31. The number of likely N-dealkylation sites (tertiary alicyclic amines) is 1. The number of carbonyl (C=O) groups is 3. The third kappa shape index (κ3) is 6.93. The van der Waals surface area contributed by atoms with Crippen LogP contribution in [-0.2, 0) is 14.4 Å². The zero-order valence-corrected chi connectivity index (χ0v) is 14.6. The number of hydrogen-bond donors (Lipinski definition) is 3. The molecule has 0 atom stereocenters. The molecule has 0 saturated carbocycles. The third-order valence-electron chi connectivity index (χ3n) is 4.04. The molecule has 25 heavy (non-hydrogen) atoms. The second-order valence-corrected chi connectivity index (χ2v) is 6.14. The summed E-state index contributed by atoms with van der Waals surface area (Å²) >= 11 is 0. The molecule has 1 heterocycles. The molecule has 2 rings (SSSR count). The molecule has 3 N–H and O–H groups in total. The summed E-state index contributed by atoms with van der Waals surface area (Å²) in [5, 5.41) is 8.08. The quantitative estimate of drug-likeness (QED) is 0.699. The number of anilines is 2. The number of rotatable bonds is 7. The van der Waals surface area contributed by atoms with Gasteiger partial charge in [0.05, 0.1) is 13.1 Å². The lowest BCUT2D eigenvalue weighted by Crippen LogP contribution is -2.36. The van der Waals surface area contributed by atoms with Crippen molar-refractivity contribution in [2.24, 2.45) is 0 Å². The first-order chi connectivity index (χ1) is 12.1. The molecule has 1 aliphatic heterocycles. The Labute approximate surface area is 148 Å². The predicted octanol–water partition coefficient (Wildman–Crippen LogP) is 1.58. The molecule has 1 aliphatic rings. The Morgan fingerprint density at radius 2 is 1.44 bits per heavy atom. The van der Waals surface area contributed by atoms with E-state index in [-0.39, 0.29) is 24.3 Å². The first-order valence-electron chi connectivity index (χ1n) is 8.75. The average molecular weight is 346 g/mol.